The number of nitrogens with zero attached hydrogens (tertiary/aromatic N) is 1. The van der Waals surface area contributed by atoms with Crippen molar-refractivity contribution in [2.45, 2.75) is 6.92 Å². The molecule has 3 aromatic carbocycles. The summed E-state index contributed by atoms with van der Waals surface area (Å²) in [5, 5.41) is 3.92. The molecule has 162 valence electrons. The summed E-state index contributed by atoms with van der Waals surface area (Å²) in [5.74, 6) is 0.330. The second kappa shape index (κ2) is 9.78. The Morgan fingerprint density at radius 1 is 0.844 bits per heavy atom. The maximum atomic E-state index is 12.3. The smallest absolute Gasteiger partial charge is 0.347 e. The molecule has 0 spiro atoms. The Balaban J connectivity index is 1.24. The summed E-state index contributed by atoms with van der Waals surface area (Å²) in [5.41, 5.74) is 3.87. The van der Waals surface area contributed by atoms with Crippen molar-refractivity contribution >= 4 is 17.5 Å². The molecule has 0 saturated carbocycles. The number of Topliss-reactive ketones (excluding diaryl/α,β-unsaturated/α-hetero) is 1. The molecule has 0 bridgehead atoms. The number of ether oxygens (including phenoxy) is 3. The fourth-order valence-electron chi connectivity index (χ4n) is 3.11. The van der Waals surface area contributed by atoms with Gasteiger partial charge in [-0.2, -0.15) is 0 Å². The van der Waals surface area contributed by atoms with Crippen LogP contribution in [-0.4, -0.2) is 37.5 Å². The van der Waals surface area contributed by atoms with Crippen LogP contribution in [0.5, 0.6) is 11.5 Å². The lowest BCUT2D eigenvalue weighted by Gasteiger charge is -2.06. The van der Waals surface area contributed by atoms with Gasteiger partial charge in [0.1, 0.15) is 0 Å². The number of fused-ring (bicyclic) bond motifs is 1. The predicted molar refractivity (Wildman–Crippen MR) is 118 cm³/mol. The number of carbonyl (C=O) groups excluding carboxylic acids is 2. The maximum Gasteiger partial charge on any atom is 0.347 e. The van der Waals surface area contributed by atoms with Crippen molar-refractivity contribution < 1.29 is 28.6 Å². The van der Waals surface area contributed by atoms with Gasteiger partial charge in [0, 0.05) is 11.1 Å². The van der Waals surface area contributed by atoms with E-state index in [0.717, 1.165) is 16.7 Å². The number of oxime groups is 1. The monoisotopic (exact) mass is 431 g/mol. The van der Waals surface area contributed by atoms with Crippen molar-refractivity contribution in [2.75, 3.05) is 20.0 Å². The molecule has 4 rings (SSSR count). The van der Waals surface area contributed by atoms with Crippen molar-refractivity contribution in [2.24, 2.45) is 5.16 Å². The Bertz CT molecular complexity index is 1140. The Kier molecular flexibility index (Phi) is 6.46. The summed E-state index contributed by atoms with van der Waals surface area (Å²) in [7, 11) is 0. The first-order valence-electron chi connectivity index (χ1n) is 10.0. The Labute approximate surface area is 185 Å². The fourth-order valence-corrected chi connectivity index (χ4v) is 3.11. The van der Waals surface area contributed by atoms with E-state index >= 15 is 0 Å². The summed E-state index contributed by atoms with van der Waals surface area (Å²) in [4.78, 5) is 29.2. The van der Waals surface area contributed by atoms with Gasteiger partial charge in [0.25, 0.3) is 0 Å². The first kappa shape index (κ1) is 21.1. The zero-order valence-corrected chi connectivity index (χ0v) is 17.4. The third-order valence-corrected chi connectivity index (χ3v) is 4.85. The summed E-state index contributed by atoms with van der Waals surface area (Å²) in [6, 6.07) is 22.4. The van der Waals surface area contributed by atoms with E-state index in [1.165, 1.54) is 0 Å². The van der Waals surface area contributed by atoms with Gasteiger partial charge in [-0.3, -0.25) is 4.79 Å². The van der Waals surface area contributed by atoms with Crippen molar-refractivity contribution in [3.63, 3.8) is 0 Å². The lowest BCUT2D eigenvalue weighted by Crippen LogP contribution is -2.17. The normalized spacial score (nSPS) is 12.3. The summed E-state index contributed by atoms with van der Waals surface area (Å²) in [6.07, 6.45) is 0. The van der Waals surface area contributed by atoms with Crippen LogP contribution in [-0.2, 0) is 14.4 Å². The first-order valence-corrected chi connectivity index (χ1v) is 10.0. The van der Waals surface area contributed by atoms with Crippen molar-refractivity contribution in [3.8, 4) is 22.6 Å². The number of benzene rings is 3. The molecule has 0 unspecified atom stereocenters. The second-order valence-corrected chi connectivity index (χ2v) is 7.05. The van der Waals surface area contributed by atoms with Gasteiger partial charge in [-0.05, 0) is 36.2 Å². The molecule has 0 atom stereocenters. The van der Waals surface area contributed by atoms with Crippen LogP contribution in [0.25, 0.3) is 11.1 Å². The van der Waals surface area contributed by atoms with Crippen LogP contribution in [0.15, 0.2) is 78.0 Å². The van der Waals surface area contributed by atoms with E-state index in [0.29, 0.717) is 22.8 Å². The zero-order valence-electron chi connectivity index (χ0n) is 17.4. The molecule has 0 N–H and O–H groups in total. The minimum absolute atomic E-state index is 0.188. The number of hydrogen-bond acceptors (Lipinski definition) is 7. The van der Waals surface area contributed by atoms with E-state index < -0.39 is 12.6 Å². The molecule has 0 saturated heterocycles. The average molecular weight is 431 g/mol. The molecular formula is C25H21NO6. The van der Waals surface area contributed by atoms with Gasteiger partial charge in [-0.25, -0.2) is 4.79 Å². The molecule has 1 aliphatic heterocycles. The van der Waals surface area contributed by atoms with Crippen LogP contribution >= 0.6 is 0 Å². The highest BCUT2D eigenvalue weighted by molar-refractivity contribution is 5.99. The average Bonchev–Trinajstić information content (AvgIpc) is 3.31. The van der Waals surface area contributed by atoms with Crippen molar-refractivity contribution in [1.29, 1.82) is 0 Å². The SMILES string of the molecule is C/C(=N/OCC(=O)OCC(=O)c1ccc(-c2ccccc2)cc1)c1ccc2c(c1)OCO2. The molecule has 0 aliphatic carbocycles. The van der Waals surface area contributed by atoms with E-state index in [1.807, 2.05) is 48.5 Å². The van der Waals surface area contributed by atoms with Gasteiger partial charge >= 0.3 is 5.97 Å². The zero-order chi connectivity index (χ0) is 22.3. The van der Waals surface area contributed by atoms with Gasteiger partial charge in [0.15, 0.2) is 23.9 Å². The van der Waals surface area contributed by atoms with E-state index in [-0.39, 0.29) is 19.2 Å². The third-order valence-electron chi connectivity index (χ3n) is 4.85. The highest BCUT2D eigenvalue weighted by Gasteiger charge is 2.15. The van der Waals surface area contributed by atoms with E-state index in [4.69, 9.17) is 19.0 Å². The molecule has 1 aliphatic rings. The molecular weight excluding hydrogens is 410 g/mol. The van der Waals surface area contributed by atoms with E-state index in [1.54, 1.807) is 31.2 Å². The highest BCUT2D eigenvalue weighted by atomic mass is 16.7. The molecule has 7 heteroatoms. The van der Waals surface area contributed by atoms with Crippen molar-refractivity contribution in [1.82, 2.24) is 0 Å². The quantitative estimate of drug-likeness (QED) is 0.230. The Morgan fingerprint density at radius 2 is 1.53 bits per heavy atom. The van der Waals surface area contributed by atoms with Gasteiger partial charge < -0.3 is 19.0 Å². The number of ketones is 1. The standard InChI is InChI=1S/C25H21NO6/c1-17(21-11-12-23-24(13-21)31-16-30-23)26-32-15-25(28)29-14-22(27)20-9-7-19(8-10-20)18-5-3-2-4-6-18/h2-13H,14-16H2,1H3/b26-17-. The summed E-state index contributed by atoms with van der Waals surface area (Å²) < 4.78 is 15.6. The van der Waals surface area contributed by atoms with Gasteiger partial charge in [-0.15, -0.1) is 0 Å². The van der Waals surface area contributed by atoms with E-state index in [9.17, 15) is 9.59 Å². The molecule has 0 aromatic heterocycles. The number of carbonyl (C=O) groups is 2. The van der Waals surface area contributed by atoms with Crippen LogP contribution in [0.2, 0.25) is 0 Å². The topological polar surface area (TPSA) is 83.4 Å². The Hall–Kier alpha value is -4.13. The van der Waals surface area contributed by atoms with Gasteiger partial charge in [0.2, 0.25) is 13.4 Å². The molecule has 32 heavy (non-hydrogen) atoms. The van der Waals surface area contributed by atoms with Crippen molar-refractivity contribution in [3.05, 3.63) is 83.9 Å². The van der Waals surface area contributed by atoms with Crippen LogP contribution in [0.3, 0.4) is 0 Å². The molecule has 3 aromatic rings. The van der Waals surface area contributed by atoms with Crippen LogP contribution in [0.1, 0.15) is 22.8 Å². The predicted octanol–water partition coefficient (Wildman–Crippen LogP) is 4.25. The minimum atomic E-state index is -0.679. The first-order chi connectivity index (χ1) is 15.6. The summed E-state index contributed by atoms with van der Waals surface area (Å²) in [6.45, 7) is 1.17. The number of hydrogen-bond donors (Lipinski definition) is 0. The molecule has 0 radical (unpaired) electrons. The van der Waals surface area contributed by atoms with Crippen LogP contribution < -0.4 is 9.47 Å². The molecule has 0 fully saturated rings. The largest absolute Gasteiger partial charge is 0.455 e. The third kappa shape index (κ3) is 5.13. The van der Waals surface area contributed by atoms with E-state index in [2.05, 4.69) is 5.16 Å². The lowest BCUT2D eigenvalue weighted by molar-refractivity contribution is -0.147. The number of esters is 1. The fraction of sp³-hybridized carbons (Fsp3) is 0.160. The second-order valence-electron chi connectivity index (χ2n) is 7.05. The van der Waals surface area contributed by atoms with Crippen LogP contribution in [0.4, 0.5) is 0 Å². The van der Waals surface area contributed by atoms with Gasteiger partial charge in [-0.1, -0.05) is 59.8 Å². The molecule has 1 heterocycles. The highest BCUT2D eigenvalue weighted by Crippen LogP contribution is 2.32. The molecule has 7 nitrogen and oxygen atoms in total. The number of rotatable bonds is 8. The van der Waals surface area contributed by atoms with Gasteiger partial charge in [0.05, 0.1) is 5.71 Å². The maximum absolute atomic E-state index is 12.3. The van der Waals surface area contributed by atoms with Crippen LogP contribution in [0, 0.1) is 0 Å². The minimum Gasteiger partial charge on any atom is -0.455 e. The Morgan fingerprint density at radius 3 is 2.31 bits per heavy atom. The molecule has 0 amide bonds. The lowest BCUT2D eigenvalue weighted by atomic mass is 10.0. The summed E-state index contributed by atoms with van der Waals surface area (Å²) >= 11 is 0.